The highest BCUT2D eigenvalue weighted by Gasteiger charge is 2.18. The van der Waals surface area contributed by atoms with Crippen molar-refractivity contribution in [1.29, 1.82) is 0 Å². The van der Waals surface area contributed by atoms with Crippen LogP contribution < -0.4 is 5.43 Å². The molecule has 0 saturated carbocycles. The lowest BCUT2D eigenvalue weighted by Crippen LogP contribution is -2.06. The third kappa shape index (κ3) is 2.38. The van der Waals surface area contributed by atoms with E-state index in [9.17, 15) is 13.6 Å². The third-order valence-electron chi connectivity index (χ3n) is 4.14. The number of rotatable bonds is 2. The molecule has 6 nitrogen and oxygen atoms in total. The van der Waals surface area contributed by atoms with Crippen molar-refractivity contribution < 1.29 is 13.2 Å². The summed E-state index contributed by atoms with van der Waals surface area (Å²) in [5.41, 5.74) is 1.34. The Bertz CT molecular complexity index is 1210. The molecule has 3 heterocycles. The van der Waals surface area contributed by atoms with Crippen LogP contribution in [0.15, 0.2) is 45.9 Å². The average molecular weight is 354 g/mol. The van der Waals surface area contributed by atoms with Crippen LogP contribution in [0.25, 0.3) is 27.9 Å². The summed E-state index contributed by atoms with van der Waals surface area (Å²) < 4.78 is 35.1. The Balaban J connectivity index is 1.91. The number of hydrogen-bond donors (Lipinski definition) is 0. The molecule has 0 unspecified atom stereocenters. The van der Waals surface area contributed by atoms with Gasteiger partial charge in [0.05, 0.1) is 12.0 Å². The molecule has 0 bridgehead atoms. The van der Waals surface area contributed by atoms with Crippen LogP contribution in [-0.2, 0) is 0 Å². The number of aryl methyl sites for hydroxylation is 1. The van der Waals surface area contributed by atoms with Gasteiger partial charge in [0.2, 0.25) is 5.95 Å². The van der Waals surface area contributed by atoms with Crippen LogP contribution in [0.2, 0.25) is 0 Å². The van der Waals surface area contributed by atoms with Crippen LogP contribution in [0.1, 0.15) is 11.3 Å². The second kappa shape index (κ2) is 5.83. The van der Waals surface area contributed by atoms with Crippen molar-refractivity contribution in [1.82, 2.24) is 20.0 Å². The first-order chi connectivity index (χ1) is 12.5. The van der Waals surface area contributed by atoms with Crippen molar-refractivity contribution in [3.63, 3.8) is 0 Å². The Morgan fingerprint density at radius 3 is 2.77 bits per heavy atom. The maximum atomic E-state index is 14.5. The van der Waals surface area contributed by atoms with Crippen molar-refractivity contribution in [3.05, 3.63) is 70.0 Å². The van der Waals surface area contributed by atoms with E-state index in [1.54, 1.807) is 19.9 Å². The van der Waals surface area contributed by atoms with E-state index in [2.05, 4.69) is 15.3 Å². The molecule has 0 aliphatic heterocycles. The molecule has 4 rings (SSSR count). The van der Waals surface area contributed by atoms with Gasteiger partial charge in [-0.1, -0.05) is 5.21 Å². The SMILES string of the molecule is Cc1coc2cc(-c3nnn(-c4cccnc4F)c3C)cc(F)c2c1=O. The first-order valence-electron chi connectivity index (χ1n) is 7.72. The summed E-state index contributed by atoms with van der Waals surface area (Å²) in [5, 5.41) is 7.85. The fourth-order valence-corrected chi connectivity index (χ4v) is 2.79. The number of fused-ring (bicyclic) bond motifs is 1. The molecule has 26 heavy (non-hydrogen) atoms. The Hall–Kier alpha value is -3.42. The zero-order valence-corrected chi connectivity index (χ0v) is 13.8. The minimum absolute atomic E-state index is 0.108. The number of halogens is 2. The average Bonchev–Trinajstić information content (AvgIpc) is 2.99. The topological polar surface area (TPSA) is 73.8 Å². The summed E-state index contributed by atoms with van der Waals surface area (Å²) in [4.78, 5) is 15.7. The molecule has 0 N–H and O–H groups in total. The van der Waals surface area contributed by atoms with E-state index in [0.717, 1.165) is 0 Å². The van der Waals surface area contributed by atoms with E-state index in [4.69, 9.17) is 4.42 Å². The monoisotopic (exact) mass is 354 g/mol. The van der Waals surface area contributed by atoms with Gasteiger partial charge < -0.3 is 4.42 Å². The summed E-state index contributed by atoms with van der Waals surface area (Å²) in [6.07, 6.45) is 2.61. The number of benzene rings is 1. The molecule has 0 radical (unpaired) electrons. The Kier molecular flexibility index (Phi) is 3.61. The molecule has 0 fully saturated rings. The molecule has 0 aliphatic rings. The molecule has 130 valence electrons. The van der Waals surface area contributed by atoms with Gasteiger partial charge in [0.1, 0.15) is 28.2 Å². The Morgan fingerprint density at radius 1 is 1.19 bits per heavy atom. The second-order valence-corrected chi connectivity index (χ2v) is 5.83. The molecule has 1 aromatic carbocycles. The standard InChI is InChI=1S/C18H12F2N4O2/c1-9-8-26-14-7-11(6-12(19)15(14)17(9)25)16-10(2)24(23-22-16)13-4-3-5-21-18(13)20/h3-8H,1-2H3. The van der Waals surface area contributed by atoms with Crippen LogP contribution in [0.3, 0.4) is 0 Å². The number of pyridine rings is 1. The molecular weight excluding hydrogens is 342 g/mol. The van der Waals surface area contributed by atoms with Gasteiger partial charge >= 0.3 is 0 Å². The highest BCUT2D eigenvalue weighted by Crippen LogP contribution is 2.27. The van der Waals surface area contributed by atoms with Crippen LogP contribution in [-0.4, -0.2) is 20.0 Å². The van der Waals surface area contributed by atoms with Crippen molar-refractivity contribution in [2.75, 3.05) is 0 Å². The van der Waals surface area contributed by atoms with E-state index in [-0.39, 0.29) is 16.7 Å². The van der Waals surface area contributed by atoms with Crippen LogP contribution >= 0.6 is 0 Å². The normalized spacial score (nSPS) is 11.2. The smallest absolute Gasteiger partial charge is 0.238 e. The molecule has 0 spiro atoms. The third-order valence-corrected chi connectivity index (χ3v) is 4.14. The lowest BCUT2D eigenvalue weighted by atomic mass is 10.1. The fourth-order valence-electron chi connectivity index (χ4n) is 2.79. The number of aromatic nitrogens is 4. The van der Waals surface area contributed by atoms with E-state index in [1.807, 2.05) is 0 Å². The van der Waals surface area contributed by atoms with Gasteiger partial charge in [-0.25, -0.2) is 14.1 Å². The maximum Gasteiger partial charge on any atom is 0.238 e. The molecule has 0 aliphatic carbocycles. The van der Waals surface area contributed by atoms with Crippen molar-refractivity contribution in [2.45, 2.75) is 13.8 Å². The first kappa shape index (κ1) is 16.1. The predicted molar refractivity (Wildman–Crippen MR) is 90.0 cm³/mol. The zero-order valence-electron chi connectivity index (χ0n) is 13.8. The summed E-state index contributed by atoms with van der Waals surface area (Å²) in [5.74, 6) is -1.41. The Labute approximate surface area is 145 Å². The quantitative estimate of drug-likeness (QED) is 0.516. The lowest BCUT2D eigenvalue weighted by molar-refractivity contribution is 0.564. The highest BCUT2D eigenvalue weighted by molar-refractivity contribution is 5.83. The molecule has 0 atom stereocenters. The van der Waals surface area contributed by atoms with Gasteiger partial charge in [0.25, 0.3) is 0 Å². The minimum Gasteiger partial charge on any atom is -0.464 e. The predicted octanol–water partition coefficient (Wildman–Crippen LogP) is 3.33. The van der Waals surface area contributed by atoms with Crippen LogP contribution in [0.4, 0.5) is 8.78 Å². The molecule has 0 saturated heterocycles. The summed E-state index contributed by atoms with van der Waals surface area (Å²) in [6.45, 7) is 3.23. The van der Waals surface area contributed by atoms with Gasteiger partial charge in [-0.3, -0.25) is 4.79 Å². The molecule has 3 aromatic heterocycles. The summed E-state index contributed by atoms with van der Waals surface area (Å²) >= 11 is 0. The number of hydrogen-bond acceptors (Lipinski definition) is 5. The number of nitrogens with zero attached hydrogens (tertiary/aromatic N) is 4. The van der Waals surface area contributed by atoms with Gasteiger partial charge in [0.15, 0.2) is 5.43 Å². The summed E-state index contributed by atoms with van der Waals surface area (Å²) in [7, 11) is 0. The fraction of sp³-hybridized carbons (Fsp3) is 0.111. The van der Waals surface area contributed by atoms with Crippen LogP contribution in [0, 0.1) is 25.6 Å². The zero-order chi connectivity index (χ0) is 18.4. The Morgan fingerprint density at radius 2 is 2.00 bits per heavy atom. The van der Waals surface area contributed by atoms with Gasteiger partial charge in [-0.2, -0.15) is 4.39 Å². The molecule has 0 amide bonds. The van der Waals surface area contributed by atoms with E-state index in [0.29, 0.717) is 22.5 Å². The van der Waals surface area contributed by atoms with Crippen molar-refractivity contribution >= 4 is 11.0 Å². The minimum atomic E-state index is -0.712. The molecular formula is C18H12F2N4O2. The van der Waals surface area contributed by atoms with Gasteiger partial charge in [-0.15, -0.1) is 5.10 Å². The van der Waals surface area contributed by atoms with Crippen LogP contribution in [0.5, 0.6) is 0 Å². The van der Waals surface area contributed by atoms with E-state index in [1.165, 1.54) is 35.3 Å². The molecule has 8 heteroatoms. The molecule has 4 aromatic rings. The first-order valence-corrected chi connectivity index (χ1v) is 7.72. The van der Waals surface area contributed by atoms with Crippen molar-refractivity contribution in [3.8, 4) is 16.9 Å². The summed E-state index contributed by atoms with van der Waals surface area (Å²) in [6, 6.07) is 5.79. The second-order valence-electron chi connectivity index (χ2n) is 5.83. The van der Waals surface area contributed by atoms with Gasteiger partial charge in [-0.05, 0) is 38.1 Å². The van der Waals surface area contributed by atoms with E-state index < -0.39 is 17.2 Å². The largest absolute Gasteiger partial charge is 0.464 e. The van der Waals surface area contributed by atoms with Crippen molar-refractivity contribution in [2.24, 2.45) is 0 Å². The van der Waals surface area contributed by atoms with Gasteiger partial charge in [0, 0.05) is 17.3 Å². The van der Waals surface area contributed by atoms with E-state index >= 15 is 0 Å². The maximum absolute atomic E-state index is 14.5. The highest BCUT2D eigenvalue weighted by atomic mass is 19.1. The lowest BCUT2D eigenvalue weighted by Gasteiger charge is -2.06.